The fourth-order valence-electron chi connectivity index (χ4n) is 2.30. The molecule has 1 heterocycles. The summed E-state index contributed by atoms with van der Waals surface area (Å²) in [5.41, 5.74) is 1.74. The van der Waals surface area contributed by atoms with E-state index in [9.17, 15) is 9.59 Å². The molecule has 0 unspecified atom stereocenters. The molecule has 1 saturated heterocycles. The van der Waals surface area contributed by atoms with Gasteiger partial charge in [-0.25, -0.2) is 0 Å². The fourth-order valence-corrected chi connectivity index (χ4v) is 2.67. The maximum Gasteiger partial charge on any atom is 0.254 e. The topological polar surface area (TPSA) is 40.6 Å². The van der Waals surface area contributed by atoms with E-state index in [4.69, 9.17) is 0 Å². The summed E-state index contributed by atoms with van der Waals surface area (Å²) in [5, 5.41) is 0.769. The first-order valence-corrected chi connectivity index (χ1v) is 7.92. The molecule has 5 heteroatoms. The van der Waals surface area contributed by atoms with Crippen LogP contribution >= 0.6 is 15.9 Å². The van der Waals surface area contributed by atoms with Crippen molar-refractivity contribution in [2.45, 2.75) is 18.2 Å². The monoisotopic (exact) mass is 338 g/mol. The Labute approximate surface area is 127 Å². The first-order valence-electron chi connectivity index (χ1n) is 6.80. The smallest absolute Gasteiger partial charge is 0.254 e. The second kappa shape index (κ2) is 6.88. The summed E-state index contributed by atoms with van der Waals surface area (Å²) in [6.07, 6.45) is 2.13. The molecule has 0 saturated carbocycles. The van der Waals surface area contributed by atoms with Crippen LogP contribution in [0.4, 0.5) is 0 Å². The molecule has 2 amide bonds. The molecule has 20 heavy (non-hydrogen) atoms. The van der Waals surface area contributed by atoms with E-state index in [0.717, 1.165) is 36.8 Å². The van der Waals surface area contributed by atoms with Gasteiger partial charge < -0.3 is 9.80 Å². The van der Waals surface area contributed by atoms with Gasteiger partial charge in [0.1, 0.15) is 0 Å². The number of benzene rings is 1. The minimum atomic E-state index is -0.112. The first kappa shape index (κ1) is 15.0. The standard InChI is InChI=1S/C15H19BrN2O2/c1-17(11-14(19)18-8-2-3-9-18)15(20)13-6-4-12(10-16)5-7-13/h4-7H,2-3,8-11H2,1H3. The Hall–Kier alpha value is -1.36. The Kier molecular flexibility index (Phi) is 5.17. The van der Waals surface area contributed by atoms with E-state index in [1.165, 1.54) is 4.90 Å². The zero-order valence-electron chi connectivity index (χ0n) is 11.6. The Balaban J connectivity index is 1.95. The number of amides is 2. The van der Waals surface area contributed by atoms with Crippen LogP contribution in [0.3, 0.4) is 0 Å². The van der Waals surface area contributed by atoms with Gasteiger partial charge in [0, 0.05) is 31.0 Å². The number of likely N-dealkylation sites (tertiary alicyclic amines) is 1. The molecule has 1 aliphatic heterocycles. The highest BCUT2D eigenvalue weighted by Crippen LogP contribution is 2.11. The number of hydrogen-bond donors (Lipinski definition) is 0. The Morgan fingerprint density at radius 1 is 1.20 bits per heavy atom. The number of hydrogen-bond acceptors (Lipinski definition) is 2. The van der Waals surface area contributed by atoms with Crippen molar-refractivity contribution in [3.8, 4) is 0 Å². The molecule has 0 radical (unpaired) electrons. The van der Waals surface area contributed by atoms with Crippen molar-refractivity contribution in [1.82, 2.24) is 9.80 Å². The molecule has 0 aromatic heterocycles. The summed E-state index contributed by atoms with van der Waals surface area (Å²) >= 11 is 3.37. The van der Waals surface area contributed by atoms with Crippen LogP contribution in [0.1, 0.15) is 28.8 Å². The SMILES string of the molecule is CN(CC(=O)N1CCCC1)C(=O)c1ccc(CBr)cc1. The predicted octanol–water partition coefficient (Wildman–Crippen LogP) is 2.28. The van der Waals surface area contributed by atoms with E-state index in [1.54, 1.807) is 19.2 Å². The largest absolute Gasteiger partial charge is 0.341 e. The predicted molar refractivity (Wildman–Crippen MR) is 81.8 cm³/mol. The van der Waals surface area contributed by atoms with Crippen LogP contribution in [0.25, 0.3) is 0 Å². The van der Waals surface area contributed by atoms with Crippen LogP contribution in [0.5, 0.6) is 0 Å². The molecule has 1 aromatic rings. The Bertz CT molecular complexity index is 481. The summed E-state index contributed by atoms with van der Waals surface area (Å²) in [4.78, 5) is 27.6. The third-order valence-electron chi connectivity index (χ3n) is 3.53. The molecule has 0 N–H and O–H groups in total. The number of rotatable bonds is 4. The third kappa shape index (κ3) is 3.60. The van der Waals surface area contributed by atoms with E-state index >= 15 is 0 Å². The average Bonchev–Trinajstić information content (AvgIpc) is 3.01. The van der Waals surface area contributed by atoms with Crippen molar-refractivity contribution in [3.05, 3.63) is 35.4 Å². The number of likely N-dealkylation sites (N-methyl/N-ethyl adjacent to an activating group) is 1. The van der Waals surface area contributed by atoms with Gasteiger partial charge in [-0.15, -0.1) is 0 Å². The number of alkyl halides is 1. The number of halogens is 1. The lowest BCUT2D eigenvalue weighted by molar-refractivity contribution is -0.130. The van der Waals surface area contributed by atoms with Crippen LogP contribution in [0.15, 0.2) is 24.3 Å². The first-order chi connectivity index (χ1) is 9.61. The van der Waals surface area contributed by atoms with Crippen LogP contribution in [-0.2, 0) is 10.1 Å². The molecular formula is C15H19BrN2O2. The summed E-state index contributed by atoms with van der Waals surface area (Å²) in [5.74, 6) is -0.0749. The number of carbonyl (C=O) groups excluding carboxylic acids is 2. The molecule has 2 rings (SSSR count). The number of carbonyl (C=O) groups is 2. The molecule has 108 valence electrons. The van der Waals surface area contributed by atoms with E-state index < -0.39 is 0 Å². The van der Waals surface area contributed by atoms with Crippen LogP contribution in [0.2, 0.25) is 0 Å². The second-order valence-corrected chi connectivity index (χ2v) is 5.64. The van der Waals surface area contributed by atoms with Gasteiger partial charge >= 0.3 is 0 Å². The molecular weight excluding hydrogens is 320 g/mol. The maximum absolute atomic E-state index is 12.2. The van der Waals surface area contributed by atoms with Gasteiger partial charge in [-0.05, 0) is 30.5 Å². The highest BCUT2D eigenvalue weighted by molar-refractivity contribution is 9.08. The minimum absolute atomic E-state index is 0.0374. The van der Waals surface area contributed by atoms with E-state index in [0.29, 0.717) is 5.56 Å². The summed E-state index contributed by atoms with van der Waals surface area (Å²) < 4.78 is 0. The van der Waals surface area contributed by atoms with Gasteiger partial charge in [0.25, 0.3) is 5.91 Å². The van der Waals surface area contributed by atoms with E-state index in [-0.39, 0.29) is 18.4 Å². The van der Waals surface area contributed by atoms with E-state index in [1.807, 2.05) is 17.0 Å². The molecule has 0 aliphatic carbocycles. The van der Waals surface area contributed by atoms with Crippen LogP contribution in [-0.4, -0.2) is 48.3 Å². The van der Waals surface area contributed by atoms with Gasteiger partial charge in [0.05, 0.1) is 6.54 Å². The third-order valence-corrected chi connectivity index (χ3v) is 4.18. The molecule has 1 aromatic carbocycles. The Morgan fingerprint density at radius 3 is 2.35 bits per heavy atom. The fraction of sp³-hybridized carbons (Fsp3) is 0.467. The molecule has 0 atom stereocenters. The minimum Gasteiger partial charge on any atom is -0.341 e. The normalized spacial score (nSPS) is 14.4. The van der Waals surface area contributed by atoms with Gasteiger partial charge in [0.2, 0.25) is 5.91 Å². The van der Waals surface area contributed by atoms with E-state index in [2.05, 4.69) is 15.9 Å². The van der Waals surface area contributed by atoms with Crippen molar-refractivity contribution in [3.63, 3.8) is 0 Å². The molecule has 0 spiro atoms. The van der Waals surface area contributed by atoms with Crippen LogP contribution < -0.4 is 0 Å². The highest BCUT2D eigenvalue weighted by atomic mass is 79.9. The lowest BCUT2D eigenvalue weighted by Crippen LogP contribution is -2.39. The van der Waals surface area contributed by atoms with Crippen molar-refractivity contribution < 1.29 is 9.59 Å². The summed E-state index contributed by atoms with van der Waals surface area (Å²) in [7, 11) is 1.68. The van der Waals surface area contributed by atoms with Crippen LogP contribution in [0, 0.1) is 0 Å². The van der Waals surface area contributed by atoms with Crippen molar-refractivity contribution in [2.24, 2.45) is 0 Å². The van der Waals surface area contributed by atoms with Crippen molar-refractivity contribution in [1.29, 1.82) is 0 Å². The zero-order valence-corrected chi connectivity index (χ0v) is 13.2. The molecule has 4 nitrogen and oxygen atoms in total. The Morgan fingerprint density at radius 2 is 1.80 bits per heavy atom. The van der Waals surface area contributed by atoms with Gasteiger partial charge in [-0.1, -0.05) is 28.1 Å². The number of nitrogens with zero attached hydrogens (tertiary/aromatic N) is 2. The lowest BCUT2D eigenvalue weighted by atomic mass is 10.1. The maximum atomic E-state index is 12.2. The molecule has 1 aliphatic rings. The van der Waals surface area contributed by atoms with Crippen molar-refractivity contribution >= 4 is 27.7 Å². The van der Waals surface area contributed by atoms with Gasteiger partial charge in [-0.3, -0.25) is 9.59 Å². The average molecular weight is 339 g/mol. The van der Waals surface area contributed by atoms with Gasteiger partial charge in [0.15, 0.2) is 0 Å². The molecule has 0 bridgehead atoms. The summed E-state index contributed by atoms with van der Waals surface area (Å²) in [6, 6.07) is 7.43. The highest BCUT2D eigenvalue weighted by Gasteiger charge is 2.21. The molecule has 1 fully saturated rings. The lowest BCUT2D eigenvalue weighted by Gasteiger charge is -2.21. The quantitative estimate of drug-likeness (QED) is 0.790. The second-order valence-electron chi connectivity index (χ2n) is 5.08. The van der Waals surface area contributed by atoms with Crippen molar-refractivity contribution in [2.75, 3.05) is 26.7 Å². The zero-order chi connectivity index (χ0) is 14.5. The summed E-state index contributed by atoms with van der Waals surface area (Å²) in [6.45, 7) is 1.79. The van der Waals surface area contributed by atoms with Gasteiger partial charge in [-0.2, -0.15) is 0 Å².